The zero-order chi connectivity index (χ0) is 11.8. The molecule has 1 aromatic carbocycles. The molecule has 1 saturated heterocycles. The van der Waals surface area contributed by atoms with E-state index in [-0.39, 0.29) is 0 Å². The second-order valence-electron chi connectivity index (χ2n) is 4.32. The van der Waals surface area contributed by atoms with Gasteiger partial charge in [0.2, 0.25) is 0 Å². The Bertz CT molecular complexity index is 540. The summed E-state index contributed by atoms with van der Waals surface area (Å²) >= 11 is 1.70. The average Bonchev–Trinajstić information content (AvgIpc) is 2.93. The first-order chi connectivity index (χ1) is 8.26. The van der Waals surface area contributed by atoms with Crippen LogP contribution in [0.15, 0.2) is 18.2 Å². The van der Waals surface area contributed by atoms with Crippen molar-refractivity contribution in [2.45, 2.75) is 12.5 Å². The summed E-state index contributed by atoms with van der Waals surface area (Å²) in [6.45, 7) is 1.96. The number of nitrogen functional groups attached to an aromatic ring is 1. The van der Waals surface area contributed by atoms with Gasteiger partial charge in [-0.2, -0.15) is 0 Å². The van der Waals surface area contributed by atoms with Gasteiger partial charge in [0.25, 0.3) is 0 Å². The van der Waals surface area contributed by atoms with Gasteiger partial charge >= 0.3 is 0 Å². The molecule has 0 spiro atoms. The van der Waals surface area contributed by atoms with Crippen LogP contribution in [0.3, 0.4) is 0 Å². The summed E-state index contributed by atoms with van der Waals surface area (Å²) in [5, 5.41) is 1.07. The number of rotatable bonds is 2. The van der Waals surface area contributed by atoms with Crippen LogP contribution in [0.1, 0.15) is 6.42 Å². The van der Waals surface area contributed by atoms with Crippen molar-refractivity contribution in [1.29, 1.82) is 0 Å². The normalized spacial score (nSPS) is 20.3. The highest BCUT2D eigenvalue weighted by Crippen LogP contribution is 2.32. The molecule has 0 radical (unpaired) electrons. The Balaban J connectivity index is 1.91. The molecule has 0 unspecified atom stereocenters. The zero-order valence-corrected chi connectivity index (χ0v) is 10.5. The van der Waals surface area contributed by atoms with Gasteiger partial charge in [-0.3, -0.25) is 0 Å². The number of ether oxygens (including phenoxy) is 1. The maximum Gasteiger partial charge on any atom is 0.186 e. The Morgan fingerprint density at radius 1 is 1.53 bits per heavy atom. The Morgan fingerprint density at radius 2 is 2.41 bits per heavy atom. The highest BCUT2D eigenvalue weighted by Gasteiger charge is 2.24. The van der Waals surface area contributed by atoms with Gasteiger partial charge in [-0.15, -0.1) is 0 Å². The van der Waals surface area contributed by atoms with Crippen molar-refractivity contribution in [3.05, 3.63) is 18.2 Å². The van der Waals surface area contributed by atoms with E-state index in [1.54, 1.807) is 18.4 Å². The topological polar surface area (TPSA) is 51.4 Å². The predicted octanol–water partition coefficient (Wildman–Crippen LogP) is 2.10. The van der Waals surface area contributed by atoms with Gasteiger partial charge in [0.05, 0.1) is 16.3 Å². The molecule has 1 aliphatic rings. The number of hydrogen-bond acceptors (Lipinski definition) is 5. The molecular formula is C12H15N3OS. The molecule has 0 bridgehead atoms. The minimum atomic E-state index is 0.340. The molecular weight excluding hydrogens is 234 g/mol. The first-order valence-electron chi connectivity index (χ1n) is 5.70. The number of aromatic nitrogens is 1. The molecule has 1 fully saturated rings. The van der Waals surface area contributed by atoms with Crippen LogP contribution in [-0.2, 0) is 4.74 Å². The molecule has 1 atom stereocenters. The summed E-state index contributed by atoms with van der Waals surface area (Å²) in [5.41, 5.74) is 7.60. The summed E-state index contributed by atoms with van der Waals surface area (Å²) in [7, 11) is 1.77. The lowest BCUT2D eigenvalue weighted by Gasteiger charge is -2.13. The van der Waals surface area contributed by atoms with Gasteiger partial charge in [-0.05, 0) is 24.6 Å². The van der Waals surface area contributed by atoms with E-state index in [1.807, 2.05) is 18.2 Å². The van der Waals surface area contributed by atoms with Crippen molar-refractivity contribution >= 4 is 32.4 Å². The van der Waals surface area contributed by atoms with Crippen LogP contribution in [0.4, 0.5) is 10.8 Å². The predicted molar refractivity (Wildman–Crippen MR) is 71.7 cm³/mol. The van der Waals surface area contributed by atoms with Crippen LogP contribution in [0.5, 0.6) is 0 Å². The number of methoxy groups -OCH3 is 1. The third-order valence-electron chi connectivity index (χ3n) is 3.15. The lowest BCUT2D eigenvalue weighted by atomic mass is 10.3. The number of hydrogen-bond donors (Lipinski definition) is 1. The monoisotopic (exact) mass is 249 g/mol. The Morgan fingerprint density at radius 3 is 3.18 bits per heavy atom. The number of thiazole rings is 1. The van der Waals surface area contributed by atoms with E-state index in [9.17, 15) is 0 Å². The highest BCUT2D eigenvalue weighted by molar-refractivity contribution is 7.22. The summed E-state index contributed by atoms with van der Waals surface area (Å²) in [4.78, 5) is 6.92. The molecule has 17 heavy (non-hydrogen) atoms. The van der Waals surface area contributed by atoms with E-state index in [1.165, 1.54) is 0 Å². The van der Waals surface area contributed by atoms with Crippen molar-refractivity contribution in [3.8, 4) is 0 Å². The van der Waals surface area contributed by atoms with Crippen molar-refractivity contribution in [3.63, 3.8) is 0 Å². The lowest BCUT2D eigenvalue weighted by molar-refractivity contribution is 0.121. The van der Waals surface area contributed by atoms with Gasteiger partial charge in [0, 0.05) is 25.9 Å². The van der Waals surface area contributed by atoms with Crippen molar-refractivity contribution in [2.75, 3.05) is 30.8 Å². The van der Waals surface area contributed by atoms with Crippen molar-refractivity contribution in [1.82, 2.24) is 4.98 Å². The summed E-state index contributed by atoms with van der Waals surface area (Å²) < 4.78 is 6.52. The fraction of sp³-hybridized carbons (Fsp3) is 0.417. The van der Waals surface area contributed by atoms with Gasteiger partial charge in [0.15, 0.2) is 5.13 Å². The number of nitrogens with two attached hydrogens (primary N) is 1. The SMILES string of the molecule is CO[C@H]1CCN(c2nc3ccc(N)cc3s2)C1. The minimum absolute atomic E-state index is 0.340. The summed E-state index contributed by atoms with van der Waals surface area (Å²) in [6, 6.07) is 5.86. The molecule has 0 amide bonds. The zero-order valence-electron chi connectivity index (χ0n) is 9.72. The average molecular weight is 249 g/mol. The van der Waals surface area contributed by atoms with E-state index in [0.29, 0.717) is 6.10 Å². The largest absolute Gasteiger partial charge is 0.399 e. The Hall–Kier alpha value is -1.33. The maximum atomic E-state index is 5.78. The molecule has 1 aliphatic heterocycles. The van der Waals surface area contributed by atoms with E-state index < -0.39 is 0 Å². The van der Waals surface area contributed by atoms with E-state index in [2.05, 4.69) is 9.88 Å². The van der Waals surface area contributed by atoms with Gasteiger partial charge in [-0.1, -0.05) is 11.3 Å². The van der Waals surface area contributed by atoms with E-state index in [0.717, 1.165) is 40.5 Å². The van der Waals surface area contributed by atoms with Gasteiger partial charge in [0.1, 0.15) is 0 Å². The van der Waals surface area contributed by atoms with Crippen LogP contribution in [0.2, 0.25) is 0 Å². The summed E-state index contributed by atoms with van der Waals surface area (Å²) in [6.07, 6.45) is 1.42. The standard InChI is InChI=1S/C12H15N3OS/c1-16-9-4-5-15(7-9)12-14-10-3-2-8(13)6-11(10)17-12/h2-3,6,9H,4-5,7,13H2,1H3/t9-/m0/s1. The first kappa shape index (κ1) is 10.8. The van der Waals surface area contributed by atoms with Crippen LogP contribution in [0, 0.1) is 0 Å². The molecule has 2 heterocycles. The molecule has 4 nitrogen and oxygen atoms in total. The molecule has 2 N–H and O–H groups in total. The molecule has 0 saturated carbocycles. The Labute approximate surface area is 104 Å². The Kier molecular flexibility index (Phi) is 2.64. The third kappa shape index (κ3) is 1.96. The van der Waals surface area contributed by atoms with Gasteiger partial charge < -0.3 is 15.4 Å². The molecule has 1 aromatic heterocycles. The lowest BCUT2D eigenvalue weighted by Crippen LogP contribution is -2.21. The van der Waals surface area contributed by atoms with Crippen LogP contribution < -0.4 is 10.6 Å². The number of nitrogens with zero attached hydrogens (tertiary/aromatic N) is 2. The van der Waals surface area contributed by atoms with Crippen molar-refractivity contribution in [2.24, 2.45) is 0 Å². The smallest absolute Gasteiger partial charge is 0.186 e. The van der Waals surface area contributed by atoms with Crippen LogP contribution in [0.25, 0.3) is 10.2 Å². The molecule has 5 heteroatoms. The summed E-state index contributed by atoms with van der Waals surface area (Å²) in [5.74, 6) is 0. The fourth-order valence-corrected chi connectivity index (χ4v) is 3.21. The van der Waals surface area contributed by atoms with Crippen molar-refractivity contribution < 1.29 is 4.74 Å². The number of fused-ring (bicyclic) bond motifs is 1. The maximum absolute atomic E-state index is 5.78. The van der Waals surface area contributed by atoms with E-state index >= 15 is 0 Å². The first-order valence-corrected chi connectivity index (χ1v) is 6.52. The second kappa shape index (κ2) is 4.16. The highest BCUT2D eigenvalue weighted by atomic mass is 32.1. The fourth-order valence-electron chi connectivity index (χ4n) is 2.16. The third-order valence-corrected chi connectivity index (χ3v) is 4.23. The molecule has 0 aliphatic carbocycles. The second-order valence-corrected chi connectivity index (χ2v) is 5.33. The van der Waals surface area contributed by atoms with E-state index in [4.69, 9.17) is 10.5 Å². The number of benzene rings is 1. The molecule has 3 rings (SSSR count). The van der Waals surface area contributed by atoms with Gasteiger partial charge in [-0.25, -0.2) is 4.98 Å². The quantitative estimate of drug-likeness (QED) is 0.828. The minimum Gasteiger partial charge on any atom is -0.399 e. The number of anilines is 2. The molecule has 90 valence electrons. The van der Waals surface area contributed by atoms with Crippen LogP contribution in [-0.4, -0.2) is 31.3 Å². The molecule has 2 aromatic rings. The van der Waals surface area contributed by atoms with Crippen LogP contribution >= 0.6 is 11.3 Å².